The summed E-state index contributed by atoms with van der Waals surface area (Å²) in [5.74, 6) is 0.330. The number of aliphatic carboxylic acids is 1. The minimum Gasteiger partial charge on any atom is -0.481 e. The van der Waals surface area contributed by atoms with Gasteiger partial charge < -0.3 is 9.84 Å². The van der Waals surface area contributed by atoms with Gasteiger partial charge in [-0.15, -0.1) is 0 Å². The van der Waals surface area contributed by atoms with Crippen LogP contribution >= 0.6 is 0 Å². The number of carbonyl (C=O) groups excluding carboxylic acids is 1. The first-order valence-corrected chi connectivity index (χ1v) is 13.3. The maximum absolute atomic E-state index is 12.3. The molecule has 0 aromatic heterocycles. The fourth-order valence-electron chi connectivity index (χ4n) is 8.72. The Kier molecular flexibility index (Phi) is 6.44. The van der Waals surface area contributed by atoms with E-state index in [1.54, 1.807) is 11.1 Å². The van der Waals surface area contributed by atoms with E-state index in [0.29, 0.717) is 24.2 Å². The number of carbonyl (C=O) groups is 2. The Bertz CT molecular complexity index is 957. The van der Waals surface area contributed by atoms with Crippen LogP contribution in [0.4, 0.5) is 0 Å². The second-order valence-electron chi connectivity index (χ2n) is 12.5. The van der Waals surface area contributed by atoms with E-state index in [1.165, 1.54) is 12.0 Å². The minimum atomic E-state index is -0.706. The van der Waals surface area contributed by atoms with Crippen LogP contribution in [0.5, 0.6) is 0 Å². The van der Waals surface area contributed by atoms with Gasteiger partial charge in [0, 0.05) is 18.4 Å². The second kappa shape index (κ2) is 8.68. The van der Waals surface area contributed by atoms with Gasteiger partial charge in [0.15, 0.2) is 0 Å². The van der Waals surface area contributed by atoms with Crippen LogP contribution in [0.15, 0.2) is 34.9 Å². The molecule has 1 N–H and O–H groups in total. The van der Waals surface area contributed by atoms with Crippen LogP contribution in [0.2, 0.25) is 0 Å². The van der Waals surface area contributed by atoms with Crippen molar-refractivity contribution in [3.63, 3.8) is 0 Å². The molecule has 0 spiro atoms. The van der Waals surface area contributed by atoms with Crippen LogP contribution in [0, 0.1) is 34.0 Å². The number of carboxylic acids is 1. The fourth-order valence-corrected chi connectivity index (χ4v) is 8.72. The maximum Gasteiger partial charge on any atom is 0.333 e. The summed E-state index contributed by atoms with van der Waals surface area (Å²) in [4.78, 5) is 23.8. The van der Waals surface area contributed by atoms with Crippen LogP contribution in [0.3, 0.4) is 0 Å². The van der Waals surface area contributed by atoms with Crippen molar-refractivity contribution in [2.24, 2.45) is 34.0 Å². The van der Waals surface area contributed by atoms with Crippen LogP contribution in [-0.2, 0) is 14.3 Å². The number of carboxylic acid groups (broad SMARTS) is 1. The van der Waals surface area contributed by atoms with Gasteiger partial charge in [-0.3, -0.25) is 4.79 Å². The number of fused-ring (bicyclic) bond motifs is 2. The molecule has 1 saturated carbocycles. The monoisotopic (exact) mass is 468 g/mol. The third-order valence-corrected chi connectivity index (χ3v) is 11.0. The molecule has 0 bridgehead atoms. The Labute approximate surface area is 205 Å². The molecule has 3 aliphatic carbocycles. The quantitative estimate of drug-likeness (QED) is 0.329. The molecule has 4 rings (SSSR count). The Morgan fingerprint density at radius 1 is 1.21 bits per heavy atom. The van der Waals surface area contributed by atoms with Crippen molar-refractivity contribution >= 4 is 11.9 Å². The number of cyclic esters (lactones) is 1. The highest BCUT2D eigenvalue weighted by molar-refractivity contribution is 5.88. The Morgan fingerprint density at radius 3 is 2.53 bits per heavy atom. The van der Waals surface area contributed by atoms with Gasteiger partial charge in [0.2, 0.25) is 0 Å². The van der Waals surface area contributed by atoms with Gasteiger partial charge in [0.05, 0.1) is 0 Å². The van der Waals surface area contributed by atoms with Gasteiger partial charge in [-0.1, -0.05) is 57.1 Å². The molecule has 0 saturated heterocycles. The van der Waals surface area contributed by atoms with Crippen LogP contribution in [0.1, 0.15) is 99.3 Å². The van der Waals surface area contributed by atoms with Gasteiger partial charge >= 0.3 is 11.9 Å². The van der Waals surface area contributed by atoms with E-state index in [1.807, 2.05) is 6.92 Å². The average Bonchev–Trinajstić information content (AvgIpc) is 3.05. The van der Waals surface area contributed by atoms with Crippen molar-refractivity contribution in [1.29, 1.82) is 0 Å². The molecule has 7 atom stereocenters. The van der Waals surface area contributed by atoms with Crippen molar-refractivity contribution in [2.75, 3.05) is 0 Å². The fraction of sp³-hybridized carbons (Fsp3) is 0.733. The molecule has 4 heteroatoms. The van der Waals surface area contributed by atoms with E-state index < -0.39 is 5.97 Å². The van der Waals surface area contributed by atoms with E-state index in [9.17, 15) is 14.7 Å². The van der Waals surface area contributed by atoms with Gasteiger partial charge in [0.1, 0.15) is 6.10 Å². The summed E-state index contributed by atoms with van der Waals surface area (Å²) < 4.78 is 5.88. The summed E-state index contributed by atoms with van der Waals surface area (Å²) in [7, 11) is 0. The van der Waals surface area contributed by atoms with E-state index in [-0.39, 0.29) is 34.7 Å². The summed E-state index contributed by atoms with van der Waals surface area (Å²) in [5, 5.41) is 9.50. The zero-order valence-corrected chi connectivity index (χ0v) is 22.1. The topological polar surface area (TPSA) is 63.6 Å². The summed E-state index contributed by atoms with van der Waals surface area (Å²) in [6.45, 7) is 17.9. The standard InChI is InChI=1S/C30H44O4/c1-18(2)21-9-10-24-23(28(21,5)15-14-26(31)32)13-17-29(6)22(12-16-30(24,29)7)20(4)25-11-8-19(3)27(33)34-25/h8,20-22,25H,1,9-17H2,2-7H3,(H,31,32). The van der Waals surface area contributed by atoms with E-state index >= 15 is 0 Å². The van der Waals surface area contributed by atoms with Gasteiger partial charge in [-0.25, -0.2) is 4.79 Å². The zero-order chi connectivity index (χ0) is 25.1. The molecule has 34 heavy (non-hydrogen) atoms. The van der Waals surface area contributed by atoms with Crippen molar-refractivity contribution in [3.8, 4) is 0 Å². The Balaban J connectivity index is 1.68. The summed E-state index contributed by atoms with van der Waals surface area (Å²) >= 11 is 0. The third kappa shape index (κ3) is 3.71. The lowest BCUT2D eigenvalue weighted by Gasteiger charge is -2.58. The smallest absolute Gasteiger partial charge is 0.333 e. The second-order valence-corrected chi connectivity index (χ2v) is 12.5. The van der Waals surface area contributed by atoms with Gasteiger partial charge in [0.25, 0.3) is 0 Å². The summed E-state index contributed by atoms with van der Waals surface area (Å²) in [5.41, 5.74) is 5.26. The predicted octanol–water partition coefficient (Wildman–Crippen LogP) is 7.25. The third-order valence-electron chi connectivity index (χ3n) is 11.0. The lowest BCUT2D eigenvalue weighted by atomic mass is 9.47. The van der Waals surface area contributed by atoms with Crippen LogP contribution < -0.4 is 0 Å². The number of rotatable bonds is 6. The molecule has 7 unspecified atom stereocenters. The van der Waals surface area contributed by atoms with E-state index in [4.69, 9.17) is 4.74 Å². The van der Waals surface area contributed by atoms with Crippen LogP contribution in [0.25, 0.3) is 0 Å². The van der Waals surface area contributed by atoms with Crippen molar-refractivity contribution in [3.05, 3.63) is 34.9 Å². The number of allylic oxidation sites excluding steroid dienone is 3. The largest absolute Gasteiger partial charge is 0.481 e. The first-order chi connectivity index (χ1) is 15.8. The SMILES string of the molecule is C=C(C)C1CCC2=C(CCC3(C)C(C(C)C4CC=C(C)C(=O)O4)CCC23C)C1(C)CCC(=O)O. The molecule has 4 nitrogen and oxygen atoms in total. The minimum absolute atomic E-state index is 0.0317. The highest BCUT2D eigenvalue weighted by atomic mass is 16.5. The molecule has 188 valence electrons. The van der Waals surface area contributed by atoms with Crippen molar-refractivity contribution in [1.82, 2.24) is 0 Å². The first kappa shape index (κ1) is 25.3. The molecule has 0 aromatic rings. The van der Waals surface area contributed by atoms with Crippen molar-refractivity contribution < 1.29 is 19.4 Å². The number of hydrogen-bond donors (Lipinski definition) is 1. The van der Waals surface area contributed by atoms with E-state index in [0.717, 1.165) is 44.1 Å². The average molecular weight is 469 g/mol. The zero-order valence-electron chi connectivity index (χ0n) is 22.1. The molecule has 1 heterocycles. The lowest BCUT2D eigenvalue weighted by Crippen LogP contribution is -2.49. The van der Waals surface area contributed by atoms with Crippen molar-refractivity contribution in [2.45, 2.75) is 105 Å². The molecule has 1 fully saturated rings. The highest BCUT2D eigenvalue weighted by Crippen LogP contribution is 2.71. The molecule has 1 aliphatic heterocycles. The van der Waals surface area contributed by atoms with Gasteiger partial charge in [-0.2, -0.15) is 0 Å². The molecular weight excluding hydrogens is 424 g/mol. The van der Waals surface area contributed by atoms with Crippen LogP contribution in [-0.4, -0.2) is 23.1 Å². The normalized spacial score (nSPS) is 40.7. The molecule has 0 aromatic carbocycles. The molecular formula is C30H44O4. The lowest BCUT2D eigenvalue weighted by molar-refractivity contribution is -0.150. The Hall–Kier alpha value is -1.84. The highest BCUT2D eigenvalue weighted by Gasteiger charge is 2.62. The van der Waals surface area contributed by atoms with Gasteiger partial charge in [-0.05, 0) is 92.8 Å². The van der Waals surface area contributed by atoms with E-state index in [2.05, 4.69) is 47.3 Å². The number of ether oxygens (including phenoxy) is 1. The summed E-state index contributed by atoms with van der Waals surface area (Å²) in [6.07, 6.45) is 10.4. The first-order valence-electron chi connectivity index (χ1n) is 13.3. The Morgan fingerprint density at radius 2 is 1.91 bits per heavy atom. The maximum atomic E-state index is 12.3. The number of hydrogen-bond acceptors (Lipinski definition) is 3. The molecule has 0 amide bonds. The molecule has 0 radical (unpaired) electrons. The predicted molar refractivity (Wildman–Crippen MR) is 135 cm³/mol. The molecule has 4 aliphatic rings. The number of esters is 1. The summed E-state index contributed by atoms with van der Waals surface area (Å²) in [6, 6.07) is 0.